The molecule has 0 bridgehead atoms. The Morgan fingerprint density at radius 2 is 1.96 bits per heavy atom. The van der Waals surface area contributed by atoms with Crippen LogP contribution in [0, 0.1) is 17.1 Å². The van der Waals surface area contributed by atoms with Gasteiger partial charge in [-0.25, -0.2) is 4.39 Å². The molecule has 1 aliphatic heterocycles. The molecular formula is C20H15FN4O2S. The van der Waals surface area contributed by atoms with E-state index in [1.54, 1.807) is 25.3 Å². The number of benzene rings is 2. The van der Waals surface area contributed by atoms with E-state index in [9.17, 15) is 9.65 Å². The highest BCUT2D eigenvalue weighted by molar-refractivity contribution is 7.99. The number of methoxy groups -OCH3 is 1. The zero-order valence-corrected chi connectivity index (χ0v) is 15.6. The first-order valence-electron chi connectivity index (χ1n) is 8.28. The summed E-state index contributed by atoms with van der Waals surface area (Å²) in [6.45, 7) is 0. The third-order valence-corrected chi connectivity index (χ3v) is 5.69. The molecule has 0 saturated carbocycles. The molecule has 0 amide bonds. The molecule has 2 aromatic carbocycles. The normalized spacial score (nSPS) is 14.4. The third kappa shape index (κ3) is 2.96. The third-order valence-electron chi connectivity index (χ3n) is 4.42. The van der Waals surface area contributed by atoms with Crippen molar-refractivity contribution in [3.8, 4) is 23.4 Å². The summed E-state index contributed by atoms with van der Waals surface area (Å²) in [7, 11) is 1.57. The molecule has 140 valence electrons. The number of anilines is 2. The standard InChI is InChI=1S/C20H15FN4O2S/c1-26-11-4-7-13-15(8-11)27-20-16(17(23)14(9-22)19(24)25-20)18(13)28-12-5-2-10(21)3-6-12/h2-8,18H,1H3,(H4,23,24,25). The summed E-state index contributed by atoms with van der Waals surface area (Å²) in [5.41, 5.74) is 13.9. The van der Waals surface area contributed by atoms with Crippen LogP contribution in [0.4, 0.5) is 15.9 Å². The smallest absolute Gasteiger partial charge is 0.228 e. The largest absolute Gasteiger partial charge is 0.497 e. The highest BCUT2D eigenvalue weighted by Crippen LogP contribution is 2.54. The molecule has 4 rings (SSSR count). The number of aromatic nitrogens is 1. The molecule has 1 aliphatic rings. The fourth-order valence-electron chi connectivity index (χ4n) is 3.04. The first kappa shape index (κ1) is 17.9. The van der Waals surface area contributed by atoms with Gasteiger partial charge in [-0.2, -0.15) is 10.2 Å². The summed E-state index contributed by atoms with van der Waals surface area (Å²) in [4.78, 5) is 5.07. The zero-order valence-electron chi connectivity index (χ0n) is 14.8. The van der Waals surface area contributed by atoms with Crippen molar-refractivity contribution in [2.45, 2.75) is 10.1 Å². The summed E-state index contributed by atoms with van der Waals surface area (Å²) < 4.78 is 24.5. The van der Waals surface area contributed by atoms with Crippen LogP contribution in [0.25, 0.3) is 0 Å². The summed E-state index contributed by atoms with van der Waals surface area (Å²) in [6.07, 6.45) is 0. The number of nitriles is 1. The van der Waals surface area contributed by atoms with Crippen LogP contribution in [0.2, 0.25) is 0 Å². The van der Waals surface area contributed by atoms with Gasteiger partial charge in [-0.05, 0) is 30.3 Å². The first-order valence-corrected chi connectivity index (χ1v) is 9.16. The van der Waals surface area contributed by atoms with Crippen LogP contribution in [0.1, 0.15) is 21.9 Å². The summed E-state index contributed by atoms with van der Waals surface area (Å²) in [5.74, 6) is 1.12. The molecule has 1 atom stereocenters. The summed E-state index contributed by atoms with van der Waals surface area (Å²) in [6, 6.07) is 13.6. The number of nitrogens with two attached hydrogens (primary N) is 2. The number of rotatable bonds is 3. The van der Waals surface area contributed by atoms with Crippen molar-refractivity contribution in [3.63, 3.8) is 0 Å². The van der Waals surface area contributed by atoms with Crippen LogP contribution < -0.4 is 20.9 Å². The Bertz CT molecular complexity index is 1110. The van der Waals surface area contributed by atoms with Gasteiger partial charge in [-0.3, -0.25) is 0 Å². The quantitative estimate of drug-likeness (QED) is 0.684. The van der Waals surface area contributed by atoms with Gasteiger partial charge in [-0.15, -0.1) is 11.8 Å². The molecule has 3 aromatic rings. The number of nitrogen functional groups attached to an aromatic ring is 2. The van der Waals surface area contributed by atoms with Gasteiger partial charge >= 0.3 is 0 Å². The highest BCUT2D eigenvalue weighted by Gasteiger charge is 2.33. The molecule has 0 saturated heterocycles. The van der Waals surface area contributed by atoms with Crippen LogP contribution in [-0.4, -0.2) is 12.1 Å². The van der Waals surface area contributed by atoms with E-state index in [0.29, 0.717) is 17.1 Å². The van der Waals surface area contributed by atoms with E-state index in [-0.39, 0.29) is 34.0 Å². The minimum atomic E-state index is -0.324. The molecule has 0 fully saturated rings. The van der Waals surface area contributed by atoms with E-state index in [2.05, 4.69) is 4.98 Å². The first-order chi connectivity index (χ1) is 13.5. The second-order valence-corrected chi connectivity index (χ2v) is 7.25. The van der Waals surface area contributed by atoms with Gasteiger partial charge in [0.1, 0.15) is 34.8 Å². The molecule has 1 unspecified atom stereocenters. The number of ether oxygens (including phenoxy) is 2. The van der Waals surface area contributed by atoms with Crippen LogP contribution in [0.15, 0.2) is 47.4 Å². The van der Waals surface area contributed by atoms with E-state index in [1.807, 2.05) is 18.2 Å². The highest BCUT2D eigenvalue weighted by atomic mass is 32.2. The Hall–Kier alpha value is -3.44. The predicted octanol–water partition coefficient (Wildman–Crippen LogP) is 4.25. The lowest BCUT2D eigenvalue weighted by Crippen LogP contribution is -2.15. The summed E-state index contributed by atoms with van der Waals surface area (Å²) in [5, 5.41) is 9.09. The van der Waals surface area contributed by atoms with Gasteiger partial charge in [-0.1, -0.05) is 6.07 Å². The van der Waals surface area contributed by atoms with Crippen LogP contribution in [0.5, 0.6) is 17.4 Å². The van der Waals surface area contributed by atoms with Crippen LogP contribution >= 0.6 is 11.8 Å². The zero-order chi connectivity index (χ0) is 19.8. The Morgan fingerprint density at radius 3 is 2.64 bits per heavy atom. The minimum Gasteiger partial charge on any atom is -0.497 e. The minimum absolute atomic E-state index is 0.00984. The lowest BCUT2D eigenvalue weighted by Gasteiger charge is -2.29. The maximum Gasteiger partial charge on any atom is 0.228 e. The average Bonchev–Trinajstić information content (AvgIpc) is 2.69. The Kier molecular flexibility index (Phi) is 4.45. The SMILES string of the molecule is COc1ccc2c(c1)Oc1nc(N)c(C#N)c(N)c1C2Sc1ccc(F)cc1. The molecule has 0 radical (unpaired) electrons. The number of fused-ring (bicyclic) bond motifs is 2. The summed E-state index contributed by atoms with van der Waals surface area (Å²) >= 11 is 1.45. The molecule has 4 N–H and O–H groups in total. The number of hydrogen-bond acceptors (Lipinski definition) is 7. The van der Waals surface area contributed by atoms with E-state index < -0.39 is 0 Å². The van der Waals surface area contributed by atoms with Crippen molar-refractivity contribution in [2.24, 2.45) is 0 Å². The molecule has 0 aliphatic carbocycles. The van der Waals surface area contributed by atoms with Crippen molar-refractivity contribution in [1.29, 1.82) is 5.26 Å². The fraction of sp³-hybridized carbons (Fsp3) is 0.100. The second-order valence-electron chi connectivity index (χ2n) is 6.07. The van der Waals surface area contributed by atoms with Crippen molar-refractivity contribution in [3.05, 3.63) is 65.0 Å². The lowest BCUT2D eigenvalue weighted by molar-refractivity contribution is 0.402. The van der Waals surface area contributed by atoms with E-state index in [1.165, 1.54) is 23.9 Å². The van der Waals surface area contributed by atoms with Gasteiger partial charge in [0.2, 0.25) is 5.88 Å². The second kappa shape index (κ2) is 6.94. The number of thioether (sulfide) groups is 1. The number of pyridine rings is 1. The van der Waals surface area contributed by atoms with E-state index >= 15 is 0 Å². The monoisotopic (exact) mass is 394 g/mol. The molecular weight excluding hydrogens is 379 g/mol. The molecule has 2 heterocycles. The van der Waals surface area contributed by atoms with Crippen molar-refractivity contribution < 1.29 is 13.9 Å². The molecule has 6 nitrogen and oxygen atoms in total. The molecule has 28 heavy (non-hydrogen) atoms. The maximum atomic E-state index is 13.3. The molecule has 1 aromatic heterocycles. The Morgan fingerprint density at radius 1 is 1.21 bits per heavy atom. The Labute approximate surface area is 164 Å². The maximum absolute atomic E-state index is 13.3. The topological polar surface area (TPSA) is 107 Å². The van der Waals surface area contributed by atoms with Gasteiger partial charge in [0, 0.05) is 16.5 Å². The van der Waals surface area contributed by atoms with Gasteiger partial charge < -0.3 is 20.9 Å². The fourth-order valence-corrected chi connectivity index (χ4v) is 4.27. The van der Waals surface area contributed by atoms with Crippen molar-refractivity contribution >= 4 is 23.3 Å². The van der Waals surface area contributed by atoms with Crippen LogP contribution in [0.3, 0.4) is 0 Å². The molecule has 0 spiro atoms. The van der Waals surface area contributed by atoms with Crippen molar-refractivity contribution in [2.75, 3.05) is 18.6 Å². The number of halogens is 1. The van der Waals surface area contributed by atoms with Gasteiger partial charge in [0.25, 0.3) is 0 Å². The number of hydrogen-bond donors (Lipinski definition) is 2. The average molecular weight is 394 g/mol. The lowest BCUT2D eigenvalue weighted by atomic mass is 9.98. The Balaban J connectivity index is 1.90. The van der Waals surface area contributed by atoms with E-state index in [0.717, 1.165) is 10.5 Å². The van der Waals surface area contributed by atoms with E-state index in [4.69, 9.17) is 20.9 Å². The number of nitrogens with zero attached hydrogens (tertiary/aromatic N) is 2. The van der Waals surface area contributed by atoms with Crippen LogP contribution in [-0.2, 0) is 0 Å². The molecule has 8 heteroatoms. The van der Waals surface area contributed by atoms with Gasteiger partial charge in [0.15, 0.2) is 0 Å². The van der Waals surface area contributed by atoms with Gasteiger partial charge in [0.05, 0.1) is 23.6 Å². The predicted molar refractivity (Wildman–Crippen MR) is 105 cm³/mol. The van der Waals surface area contributed by atoms with Crippen molar-refractivity contribution in [1.82, 2.24) is 4.98 Å².